The summed E-state index contributed by atoms with van der Waals surface area (Å²) in [6, 6.07) is 16.6. The molecule has 166 valence electrons. The first kappa shape index (κ1) is 22.4. The van der Waals surface area contributed by atoms with Gasteiger partial charge in [0.2, 0.25) is 0 Å². The molecule has 3 aromatic carbocycles. The molecule has 1 aromatic heterocycles. The number of methoxy groups -OCH3 is 1. The van der Waals surface area contributed by atoms with Crippen LogP contribution in [-0.2, 0) is 4.74 Å². The monoisotopic (exact) mass is 462 g/mol. The fourth-order valence-electron chi connectivity index (χ4n) is 3.74. The van der Waals surface area contributed by atoms with Crippen molar-refractivity contribution in [1.82, 2.24) is 4.98 Å². The fraction of sp³-hybridized carbons (Fsp3) is 0.115. The summed E-state index contributed by atoms with van der Waals surface area (Å²) in [4.78, 5) is 29.7. The molecule has 0 fully saturated rings. The van der Waals surface area contributed by atoms with Crippen molar-refractivity contribution in [3.8, 4) is 11.3 Å². The number of rotatable bonds is 4. The summed E-state index contributed by atoms with van der Waals surface area (Å²) in [7, 11) is 1.17. The molecule has 0 bridgehead atoms. The number of amides is 1. The number of carbonyl (C=O) groups excluding carboxylic acids is 2. The molecule has 1 heterocycles. The van der Waals surface area contributed by atoms with Gasteiger partial charge in [0.25, 0.3) is 5.91 Å². The second kappa shape index (κ2) is 9.00. The SMILES string of the molecule is COC(=O)c1ccc(NC(=O)c2cc(-c3ccccc3Cl)nc3c(C)cc(C)cc23)cc1F. The summed E-state index contributed by atoms with van der Waals surface area (Å²) in [6.07, 6.45) is 0. The Morgan fingerprint density at radius 1 is 1.00 bits per heavy atom. The standard InChI is InChI=1S/C26H20ClFN2O3/c1-14-10-15(2)24-19(11-14)20(13-23(30-24)17-6-4-5-7-21(17)27)25(31)29-16-8-9-18(22(28)12-16)26(32)33-3/h4-13H,1-3H3,(H,29,31). The molecule has 0 aliphatic rings. The van der Waals surface area contributed by atoms with Gasteiger partial charge < -0.3 is 10.1 Å². The zero-order chi connectivity index (χ0) is 23.7. The van der Waals surface area contributed by atoms with Crippen LogP contribution in [-0.4, -0.2) is 24.0 Å². The van der Waals surface area contributed by atoms with Crippen molar-refractivity contribution in [2.75, 3.05) is 12.4 Å². The molecular weight excluding hydrogens is 443 g/mol. The molecule has 5 nitrogen and oxygen atoms in total. The van der Waals surface area contributed by atoms with Crippen LogP contribution in [0.2, 0.25) is 5.02 Å². The smallest absolute Gasteiger partial charge is 0.340 e. The minimum atomic E-state index is -0.791. The van der Waals surface area contributed by atoms with Gasteiger partial charge in [-0.05, 0) is 55.8 Å². The van der Waals surface area contributed by atoms with E-state index < -0.39 is 17.7 Å². The molecule has 0 atom stereocenters. The molecule has 0 unspecified atom stereocenters. The fourth-order valence-corrected chi connectivity index (χ4v) is 3.97. The van der Waals surface area contributed by atoms with Gasteiger partial charge in [0.15, 0.2) is 0 Å². The number of pyridine rings is 1. The molecule has 0 aliphatic heterocycles. The average molecular weight is 463 g/mol. The summed E-state index contributed by atoms with van der Waals surface area (Å²) < 4.78 is 18.9. The zero-order valence-corrected chi connectivity index (χ0v) is 19.0. The number of carbonyl (C=O) groups is 2. The van der Waals surface area contributed by atoms with Gasteiger partial charge >= 0.3 is 5.97 Å². The molecular formula is C26H20ClFN2O3. The van der Waals surface area contributed by atoms with Crippen LogP contribution in [0.1, 0.15) is 31.8 Å². The minimum absolute atomic E-state index is 0.207. The highest BCUT2D eigenvalue weighted by atomic mass is 35.5. The van der Waals surface area contributed by atoms with Crippen LogP contribution in [0.5, 0.6) is 0 Å². The quantitative estimate of drug-likeness (QED) is 0.359. The Balaban J connectivity index is 1.82. The lowest BCUT2D eigenvalue weighted by Gasteiger charge is -2.14. The van der Waals surface area contributed by atoms with Crippen molar-refractivity contribution in [2.45, 2.75) is 13.8 Å². The minimum Gasteiger partial charge on any atom is -0.465 e. The third-order valence-corrected chi connectivity index (χ3v) is 5.60. The normalized spacial score (nSPS) is 10.8. The number of benzene rings is 3. The van der Waals surface area contributed by atoms with E-state index in [1.807, 2.05) is 44.2 Å². The van der Waals surface area contributed by atoms with E-state index >= 15 is 0 Å². The Morgan fingerprint density at radius 3 is 2.45 bits per heavy atom. The second-order valence-electron chi connectivity index (χ2n) is 7.65. The third kappa shape index (κ3) is 4.43. The molecule has 1 amide bonds. The lowest BCUT2D eigenvalue weighted by molar-refractivity contribution is 0.0595. The molecule has 0 aliphatic carbocycles. The van der Waals surface area contributed by atoms with Crippen molar-refractivity contribution < 1.29 is 18.7 Å². The molecule has 33 heavy (non-hydrogen) atoms. The van der Waals surface area contributed by atoms with Gasteiger partial charge in [-0.15, -0.1) is 0 Å². The Labute approximate surface area is 195 Å². The van der Waals surface area contributed by atoms with Crippen molar-refractivity contribution >= 4 is 40.1 Å². The number of aryl methyl sites for hydroxylation is 2. The Morgan fingerprint density at radius 2 is 1.76 bits per heavy atom. The number of aromatic nitrogens is 1. The maximum absolute atomic E-state index is 14.4. The summed E-state index contributed by atoms with van der Waals surface area (Å²) in [5.74, 6) is -2.02. The number of nitrogens with one attached hydrogen (secondary N) is 1. The number of hydrogen-bond donors (Lipinski definition) is 1. The van der Waals surface area contributed by atoms with Crippen molar-refractivity contribution in [1.29, 1.82) is 0 Å². The third-order valence-electron chi connectivity index (χ3n) is 5.28. The van der Waals surface area contributed by atoms with Gasteiger partial charge in [-0.2, -0.15) is 0 Å². The number of halogens is 2. The van der Waals surface area contributed by atoms with Gasteiger partial charge in [-0.1, -0.05) is 41.4 Å². The van der Waals surface area contributed by atoms with E-state index in [4.69, 9.17) is 16.6 Å². The molecule has 4 rings (SSSR count). The number of fused-ring (bicyclic) bond motifs is 1. The molecule has 0 saturated carbocycles. The molecule has 7 heteroatoms. The largest absolute Gasteiger partial charge is 0.465 e. The van der Waals surface area contributed by atoms with E-state index in [9.17, 15) is 14.0 Å². The summed E-state index contributed by atoms with van der Waals surface area (Å²) in [6.45, 7) is 3.87. The Hall–Kier alpha value is -3.77. The number of ether oxygens (including phenoxy) is 1. The number of anilines is 1. The summed E-state index contributed by atoms with van der Waals surface area (Å²) in [5, 5.41) is 3.90. The average Bonchev–Trinajstić information content (AvgIpc) is 2.78. The first-order chi connectivity index (χ1) is 15.8. The van der Waals surface area contributed by atoms with Gasteiger partial charge in [-0.3, -0.25) is 4.79 Å². The summed E-state index contributed by atoms with van der Waals surface area (Å²) >= 11 is 6.39. The van der Waals surface area contributed by atoms with E-state index in [2.05, 4.69) is 10.1 Å². The van der Waals surface area contributed by atoms with Gasteiger partial charge in [0.1, 0.15) is 5.82 Å². The van der Waals surface area contributed by atoms with Crippen LogP contribution in [0.15, 0.2) is 60.7 Å². The number of hydrogen-bond acceptors (Lipinski definition) is 4. The highest BCUT2D eigenvalue weighted by Crippen LogP contribution is 2.32. The predicted molar refractivity (Wildman–Crippen MR) is 127 cm³/mol. The molecule has 0 spiro atoms. The molecule has 0 radical (unpaired) electrons. The molecule has 0 saturated heterocycles. The van der Waals surface area contributed by atoms with Crippen LogP contribution in [0.4, 0.5) is 10.1 Å². The van der Waals surface area contributed by atoms with Crippen LogP contribution in [0.25, 0.3) is 22.2 Å². The van der Waals surface area contributed by atoms with Gasteiger partial charge in [0.05, 0.1) is 29.4 Å². The van der Waals surface area contributed by atoms with E-state index in [1.165, 1.54) is 19.2 Å². The van der Waals surface area contributed by atoms with Crippen molar-refractivity contribution in [2.24, 2.45) is 0 Å². The van der Waals surface area contributed by atoms with Gasteiger partial charge in [-0.25, -0.2) is 14.2 Å². The first-order valence-electron chi connectivity index (χ1n) is 10.1. The van der Waals surface area contributed by atoms with Crippen LogP contribution >= 0.6 is 11.6 Å². The lowest BCUT2D eigenvalue weighted by atomic mass is 9.99. The Bertz CT molecular complexity index is 1420. The Kier molecular flexibility index (Phi) is 6.11. The van der Waals surface area contributed by atoms with Crippen molar-refractivity contribution in [3.63, 3.8) is 0 Å². The summed E-state index contributed by atoms with van der Waals surface area (Å²) in [5.41, 5.74) is 4.20. The van der Waals surface area contributed by atoms with Crippen LogP contribution in [0.3, 0.4) is 0 Å². The zero-order valence-electron chi connectivity index (χ0n) is 18.2. The van der Waals surface area contributed by atoms with E-state index in [0.717, 1.165) is 17.2 Å². The predicted octanol–water partition coefficient (Wildman–Crippen LogP) is 6.35. The number of nitrogens with zero attached hydrogens (tertiary/aromatic N) is 1. The first-order valence-corrected chi connectivity index (χ1v) is 10.5. The molecule has 4 aromatic rings. The topological polar surface area (TPSA) is 68.3 Å². The number of esters is 1. The maximum Gasteiger partial charge on any atom is 0.340 e. The molecule has 1 N–H and O–H groups in total. The van der Waals surface area contributed by atoms with Gasteiger partial charge in [0, 0.05) is 21.7 Å². The van der Waals surface area contributed by atoms with E-state index in [-0.39, 0.29) is 11.3 Å². The maximum atomic E-state index is 14.4. The highest BCUT2D eigenvalue weighted by molar-refractivity contribution is 6.33. The van der Waals surface area contributed by atoms with Crippen molar-refractivity contribution in [3.05, 3.63) is 93.8 Å². The lowest BCUT2D eigenvalue weighted by Crippen LogP contribution is -2.14. The van der Waals surface area contributed by atoms with E-state index in [0.29, 0.717) is 32.7 Å². The van der Waals surface area contributed by atoms with Crippen LogP contribution < -0.4 is 5.32 Å². The van der Waals surface area contributed by atoms with Crippen LogP contribution in [0, 0.1) is 19.7 Å². The second-order valence-corrected chi connectivity index (χ2v) is 8.06. The highest BCUT2D eigenvalue weighted by Gasteiger charge is 2.18. The van der Waals surface area contributed by atoms with E-state index in [1.54, 1.807) is 12.1 Å².